The molecule has 60 heavy (non-hydrogen) atoms. The van der Waals surface area contributed by atoms with Crippen LogP contribution in [0, 0.1) is 11.8 Å². The van der Waals surface area contributed by atoms with Gasteiger partial charge in [0.1, 0.15) is 31.3 Å². The Balaban J connectivity index is 0.977. The van der Waals surface area contributed by atoms with Crippen molar-refractivity contribution in [2.24, 2.45) is 11.8 Å². The van der Waals surface area contributed by atoms with Crippen LogP contribution in [-0.4, -0.2) is 105 Å². The largest absolute Gasteiger partial charge is 0.478 e. The van der Waals surface area contributed by atoms with E-state index < -0.39 is 18.0 Å². The quantitative estimate of drug-likeness (QED) is 0.0306. The summed E-state index contributed by atoms with van der Waals surface area (Å²) < 4.78 is 19.7. The summed E-state index contributed by atoms with van der Waals surface area (Å²) in [5.74, 6) is 0.0750. The van der Waals surface area contributed by atoms with E-state index >= 15 is 0 Å². The number of aliphatic hydroxyl groups excluding tert-OH is 1. The number of nitrogens with one attached hydrogen (secondary N) is 2. The van der Waals surface area contributed by atoms with E-state index in [1.54, 1.807) is 18.2 Å². The number of hydrogen-bond acceptors (Lipinski definition) is 9. The van der Waals surface area contributed by atoms with E-state index in [1.807, 2.05) is 107 Å². The van der Waals surface area contributed by atoms with Crippen molar-refractivity contribution in [3.05, 3.63) is 101 Å². The Labute approximate surface area is 350 Å². The number of rotatable bonds is 19. The van der Waals surface area contributed by atoms with Gasteiger partial charge in [-0.15, -0.1) is 0 Å². The minimum atomic E-state index is -1.15. The molecule has 0 unspecified atom stereocenters. The number of ether oxygens (including phenoxy) is 2. The molecule has 1 aromatic heterocycles. The fourth-order valence-corrected chi connectivity index (χ4v) is 7.35. The number of carbonyl (C=O) groups excluding carboxylic acids is 2. The number of aromatic carboxylic acids is 1. The van der Waals surface area contributed by atoms with E-state index in [0.717, 1.165) is 38.9 Å². The molecule has 0 fully saturated rings. The molecule has 0 saturated carbocycles. The van der Waals surface area contributed by atoms with Crippen LogP contribution in [0.3, 0.4) is 0 Å². The molecule has 0 radical (unpaired) electrons. The van der Waals surface area contributed by atoms with Crippen LogP contribution < -0.4 is 20.1 Å². The molecule has 4 aromatic rings. The predicted molar refractivity (Wildman–Crippen MR) is 234 cm³/mol. The maximum absolute atomic E-state index is 13.2. The number of nitrogens with zero attached hydrogens (tertiary/aromatic N) is 3. The van der Waals surface area contributed by atoms with Crippen LogP contribution in [0.25, 0.3) is 44.5 Å². The maximum atomic E-state index is 13.2. The zero-order valence-electron chi connectivity index (χ0n) is 35.5. The summed E-state index contributed by atoms with van der Waals surface area (Å²) in [6.07, 6.45) is 1.11. The van der Waals surface area contributed by atoms with Gasteiger partial charge in [-0.2, -0.15) is 0 Å². The summed E-state index contributed by atoms with van der Waals surface area (Å²) in [4.78, 5) is 48.7. The summed E-state index contributed by atoms with van der Waals surface area (Å²) in [7, 11) is 7.78. The Hall–Kier alpha value is -5.89. The molecule has 13 heteroatoms. The van der Waals surface area contributed by atoms with E-state index in [4.69, 9.17) is 13.9 Å². The third kappa shape index (κ3) is 10.3. The van der Waals surface area contributed by atoms with Gasteiger partial charge in [0.05, 0.1) is 48.6 Å². The summed E-state index contributed by atoms with van der Waals surface area (Å²) in [6.45, 7) is 7.51. The second kappa shape index (κ2) is 19.4. The van der Waals surface area contributed by atoms with Crippen molar-refractivity contribution >= 4 is 45.3 Å². The Kier molecular flexibility index (Phi) is 14.2. The third-order valence-corrected chi connectivity index (χ3v) is 10.7. The molecular formula is C47H56N5O8+. The lowest BCUT2D eigenvalue weighted by Crippen LogP contribution is -2.28. The number of Topliss-reactive ketones (excluding diaryl/α,β-unsaturated/α-hetero) is 1. The van der Waals surface area contributed by atoms with Gasteiger partial charge >= 0.3 is 5.97 Å². The number of ketones is 1. The van der Waals surface area contributed by atoms with Crippen LogP contribution in [0.5, 0.6) is 0 Å². The third-order valence-electron chi connectivity index (χ3n) is 10.7. The lowest BCUT2D eigenvalue weighted by Gasteiger charge is -2.21. The highest BCUT2D eigenvalue weighted by Gasteiger charge is 2.24. The van der Waals surface area contributed by atoms with Crippen molar-refractivity contribution in [2.75, 3.05) is 66.1 Å². The van der Waals surface area contributed by atoms with E-state index in [0.29, 0.717) is 67.1 Å². The normalized spacial score (nSPS) is 12.6. The fourth-order valence-electron chi connectivity index (χ4n) is 7.35. The molecule has 1 amide bonds. The lowest BCUT2D eigenvalue weighted by atomic mass is 9.89. The van der Waals surface area contributed by atoms with Crippen LogP contribution in [0.1, 0.15) is 70.5 Å². The van der Waals surface area contributed by atoms with Gasteiger partial charge in [-0.3, -0.25) is 9.59 Å². The first-order chi connectivity index (χ1) is 28.7. The number of carbonyl (C=O) groups is 3. The number of imidazole rings is 1. The maximum Gasteiger partial charge on any atom is 0.336 e. The highest BCUT2D eigenvalue weighted by atomic mass is 16.5. The minimum Gasteiger partial charge on any atom is -0.478 e. The fraction of sp³-hybridized carbons (Fsp3) is 0.383. The Morgan fingerprint density at radius 2 is 1.62 bits per heavy atom. The zero-order valence-corrected chi connectivity index (χ0v) is 35.5. The number of carboxylic acid groups (broad SMARTS) is 1. The molecular weight excluding hydrogens is 763 g/mol. The van der Waals surface area contributed by atoms with Crippen molar-refractivity contribution in [1.29, 1.82) is 0 Å². The predicted octanol–water partition coefficient (Wildman–Crippen LogP) is 6.50. The minimum absolute atomic E-state index is 0.00259. The van der Waals surface area contributed by atoms with Crippen molar-refractivity contribution in [3.63, 3.8) is 0 Å². The number of amides is 1. The molecule has 1 aliphatic carbocycles. The van der Waals surface area contributed by atoms with E-state index in [-0.39, 0.29) is 41.9 Å². The standard InChI is InChI=1S/C47H55N5O8/c1-28(2)45(54)29(3)23-43-49-38-17-11-30(25-39(38)50-43)40(53)9-8-19-58-21-22-59-20-18-48-46(55)31-10-14-34(37(24-31)47(56)57)44-35-15-12-32(51(4)5)26-41(35)60-42-27-33(52(6)7)13-16-36(42)44/h10-17,24-29,45,54H,8-9,18-23H2,1-7H3,(H2-,48,49,50,53,55,56,57)/p+1/t29-,45+/m1/s1. The van der Waals surface area contributed by atoms with Crippen LogP contribution in [0.15, 0.2) is 77.2 Å². The van der Waals surface area contributed by atoms with Gasteiger partial charge in [0.2, 0.25) is 5.36 Å². The van der Waals surface area contributed by atoms with Crippen molar-refractivity contribution in [1.82, 2.24) is 19.9 Å². The molecule has 6 rings (SSSR count). The molecule has 2 heterocycles. The number of fused-ring (bicyclic) bond motifs is 3. The van der Waals surface area contributed by atoms with Crippen molar-refractivity contribution in [3.8, 4) is 22.5 Å². The summed E-state index contributed by atoms with van der Waals surface area (Å²) in [5, 5.41) is 25.3. The summed E-state index contributed by atoms with van der Waals surface area (Å²) in [6, 6.07) is 21.9. The highest BCUT2D eigenvalue weighted by molar-refractivity contribution is 6.09. The summed E-state index contributed by atoms with van der Waals surface area (Å²) >= 11 is 0. The highest BCUT2D eigenvalue weighted by Crippen LogP contribution is 2.42. The van der Waals surface area contributed by atoms with Gasteiger partial charge in [-0.1, -0.05) is 26.8 Å². The van der Waals surface area contributed by atoms with Crippen LogP contribution >= 0.6 is 0 Å². The van der Waals surface area contributed by atoms with Gasteiger partial charge in [-0.05, 0) is 72.4 Å². The smallest absolute Gasteiger partial charge is 0.336 e. The number of hydrogen-bond donors (Lipinski definition) is 4. The topological polar surface area (TPSA) is 170 Å². The second-order valence-corrected chi connectivity index (χ2v) is 16.0. The van der Waals surface area contributed by atoms with Gasteiger partial charge in [0, 0.05) is 85.5 Å². The molecule has 316 valence electrons. The first-order valence-electron chi connectivity index (χ1n) is 20.4. The number of aliphatic hydroxyl groups is 1. The lowest BCUT2D eigenvalue weighted by molar-refractivity contribution is 0.0465. The molecule has 0 bridgehead atoms. The molecule has 2 aliphatic rings. The molecule has 2 atom stereocenters. The average molecular weight is 819 g/mol. The average Bonchev–Trinajstić information content (AvgIpc) is 3.63. The van der Waals surface area contributed by atoms with Gasteiger partial charge in [-0.25, -0.2) is 14.4 Å². The number of H-pyrrole nitrogens is 1. The Morgan fingerprint density at radius 3 is 2.33 bits per heavy atom. The first kappa shape index (κ1) is 43.7. The number of aromatic amines is 1. The zero-order chi connectivity index (χ0) is 43.1. The van der Waals surface area contributed by atoms with Gasteiger partial charge in [0.25, 0.3) is 5.91 Å². The van der Waals surface area contributed by atoms with Crippen molar-refractivity contribution in [2.45, 2.75) is 46.1 Å². The molecule has 4 N–H and O–H groups in total. The summed E-state index contributed by atoms with van der Waals surface area (Å²) in [5.41, 5.74) is 5.90. The molecule has 0 spiro atoms. The Morgan fingerprint density at radius 1 is 0.883 bits per heavy atom. The monoisotopic (exact) mass is 818 g/mol. The number of carboxylic acids is 1. The second-order valence-electron chi connectivity index (χ2n) is 16.0. The van der Waals surface area contributed by atoms with E-state index in [9.17, 15) is 24.6 Å². The SMILES string of the molecule is CC(C)[C@H](O)[C@H](C)Cc1nc2ccc(C(=O)CCCOCCOCCNC(=O)c3ccc(-c4c5ccc(=[N+](C)C)cc-5oc5cc(N(C)C)ccc45)c(C(=O)O)c3)cc2[nH]1. The van der Waals surface area contributed by atoms with E-state index in [2.05, 4.69) is 15.3 Å². The van der Waals surface area contributed by atoms with Crippen LogP contribution in [-0.2, 0) is 15.9 Å². The van der Waals surface area contributed by atoms with Crippen molar-refractivity contribution < 1.29 is 38.5 Å². The number of anilines is 1. The number of aromatic nitrogens is 2. The first-order valence-corrected chi connectivity index (χ1v) is 20.4. The molecule has 3 aromatic carbocycles. The van der Waals surface area contributed by atoms with Gasteiger partial charge < -0.3 is 39.3 Å². The Bertz CT molecular complexity index is 2530. The van der Waals surface area contributed by atoms with Crippen LogP contribution in [0.2, 0.25) is 0 Å². The van der Waals surface area contributed by atoms with E-state index in [1.165, 1.54) is 6.07 Å². The molecule has 1 aliphatic heterocycles. The number of benzene rings is 4. The van der Waals surface area contributed by atoms with Gasteiger partial charge in [0.15, 0.2) is 5.78 Å². The molecule has 13 nitrogen and oxygen atoms in total. The van der Waals surface area contributed by atoms with Crippen LogP contribution in [0.4, 0.5) is 5.69 Å². The molecule has 0 saturated heterocycles.